The smallest absolute Gasteiger partial charge is 0.193 e. The fourth-order valence-electron chi connectivity index (χ4n) is 5.64. The largest absolute Gasteiger partial charge is 0.457 e. The molecule has 0 N–H and O–H groups in total. The van der Waals surface area contributed by atoms with Gasteiger partial charge >= 0.3 is 0 Å². The molecular formula is C42H42O7. The number of ketones is 1. The standard InChI is InChI=1S/C42H42O7/c1-7-29-8-14-38(15-9-29)48-39-16-10-30(11-17-39)41(43)31-12-18-40(19-13-31)49-42-36(26-46-5)22-33(23-37(42)27-47-6)32-20-34(24-44-3)28(2)35(21-32)25-45-4/h7-23H,1,24-27H2,2-6H3. The molecular weight excluding hydrogens is 616 g/mol. The van der Waals surface area contributed by atoms with Crippen LogP contribution in [-0.2, 0) is 45.4 Å². The van der Waals surface area contributed by atoms with Crippen LogP contribution in [0.15, 0.2) is 104 Å². The van der Waals surface area contributed by atoms with Gasteiger partial charge in [0.25, 0.3) is 0 Å². The number of benzene rings is 5. The lowest BCUT2D eigenvalue weighted by molar-refractivity contribution is 0.103. The third kappa shape index (κ3) is 8.71. The number of rotatable bonds is 16. The van der Waals surface area contributed by atoms with Crippen molar-refractivity contribution in [2.75, 3.05) is 28.4 Å². The third-order valence-electron chi connectivity index (χ3n) is 8.20. The van der Waals surface area contributed by atoms with Gasteiger partial charge in [-0.2, -0.15) is 0 Å². The monoisotopic (exact) mass is 658 g/mol. The highest BCUT2D eigenvalue weighted by Gasteiger charge is 2.18. The third-order valence-corrected chi connectivity index (χ3v) is 8.20. The van der Waals surface area contributed by atoms with Crippen LogP contribution in [0.5, 0.6) is 23.0 Å². The fourth-order valence-corrected chi connectivity index (χ4v) is 5.64. The number of ether oxygens (including phenoxy) is 6. The molecule has 0 amide bonds. The summed E-state index contributed by atoms with van der Waals surface area (Å²) in [5.41, 5.74) is 9.25. The van der Waals surface area contributed by atoms with Crippen molar-refractivity contribution in [3.8, 4) is 34.1 Å². The summed E-state index contributed by atoms with van der Waals surface area (Å²) in [6.07, 6.45) is 1.78. The molecule has 0 heterocycles. The molecule has 7 heteroatoms. The van der Waals surface area contributed by atoms with E-state index in [0.717, 1.165) is 44.5 Å². The van der Waals surface area contributed by atoms with Gasteiger partial charge in [0.05, 0.1) is 26.4 Å². The molecule has 0 spiro atoms. The summed E-state index contributed by atoms with van der Waals surface area (Å²) in [5.74, 6) is 2.49. The van der Waals surface area contributed by atoms with Crippen molar-refractivity contribution < 1.29 is 33.2 Å². The van der Waals surface area contributed by atoms with Crippen molar-refractivity contribution in [3.05, 3.63) is 148 Å². The van der Waals surface area contributed by atoms with E-state index in [0.29, 0.717) is 60.6 Å². The highest BCUT2D eigenvalue weighted by Crippen LogP contribution is 2.37. The summed E-state index contributed by atoms with van der Waals surface area (Å²) >= 11 is 0. The van der Waals surface area contributed by atoms with Gasteiger partial charge in [0.1, 0.15) is 23.0 Å². The molecule has 0 radical (unpaired) electrons. The van der Waals surface area contributed by atoms with Crippen molar-refractivity contribution in [2.24, 2.45) is 0 Å². The molecule has 0 atom stereocenters. The molecule has 0 saturated carbocycles. The van der Waals surface area contributed by atoms with E-state index in [1.807, 2.05) is 24.3 Å². The number of methoxy groups -OCH3 is 4. The van der Waals surface area contributed by atoms with E-state index in [9.17, 15) is 4.79 Å². The molecule has 5 rings (SSSR count). The highest BCUT2D eigenvalue weighted by molar-refractivity contribution is 6.09. The molecule has 0 fully saturated rings. The Balaban J connectivity index is 1.37. The van der Waals surface area contributed by atoms with Crippen LogP contribution >= 0.6 is 0 Å². The Labute approximate surface area is 288 Å². The lowest BCUT2D eigenvalue weighted by atomic mass is 9.93. The van der Waals surface area contributed by atoms with Crippen LogP contribution in [0.4, 0.5) is 0 Å². The second-order valence-corrected chi connectivity index (χ2v) is 11.6. The average molecular weight is 659 g/mol. The van der Waals surface area contributed by atoms with Crippen molar-refractivity contribution in [1.29, 1.82) is 0 Å². The molecule has 0 aliphatic rings. The average Bonchev–Trinajstić information content (AvgIpc) is 3.12. The van der Waals surface area contributed by atoms with Crippen molar-refractivity contribution in [1.82, 2.24) is 0 Å². The first-order chi connectivity index (χ1) is 23.9. The first-order valence-electron chi connectivity index (χ1n) is 15.9. The predicted molar refractivity (Wildman–Crippen MR) is 192 cm³/mol. The maximum Gasteiger partial charge on any atom is 0.193 e. The normalized spacial score (nSPS) is 11.0. The number of carbonyl (C=O) groups excluding carboxylic acids is 1. The van der Waals surface area contributed by atoms with E-state index >= 15 is 0 Å². The summed E-state index contributed by atoms with van der Waals surface area (Å²) in [5, 5.41) is 0. The van der Waals surface area contributed by atoms with Crippen molar-refractivity contribution >= 4 is 11.9 Å². The van der Waals surface area contributed by atoms with Crippen LogP contribution in [0.25, 0.3) is 17.2 Å². The summed E-state index contributed by atoms with van der Waals surface area (Å²) in [6, 6.07) is 30.3. The highest BCUT2D eigenvalue weighted by atomic mass is 16.5. The minimum absolute atomic E-state index is 0.100. The maximum absolute atomic E-state index is 13.3. The van der Waals surface area contributed by atoms with Gasteiger partial charge in [-0.1, -0.05) is 24.8 Å². The lowest BCUT2D eigenvalue weighted by Crippen LogP contribution is -2.04. The Bertz CT molecular complexity index is 1820. The first-order valence-corrected chi connectivity index (χ1v) is 15.9. The fraction of sp³-hybridized carbons (Fsp3) is 0.214. The topological polar surface area (TPSA) is 72.5 Å². The molecule has 0 aliphatic heterocycles. The molecule has 5 aromatic carbocycles. The molecule has 0 aliphatic carbocycles. The minimum atomic E-state index is -0.100. The van der Waals surface area contributed by atoms with Gasteiger partial charge in [0.2, 0.25) is 0 Å². The van der Waals surface area contributed by atoms with Crippen LogP contribution in [0.3, 0.4) is 0 Å². The molecule has 49 heavy (non-hydrogen) atoms. The van der Waals surface area contributed by atoms with E-state index in [-0.39, 0.29) is 5.78 Å². The summed E-state index contributed by atoms with van der Waals surface area (Å²) in [7, 11) is 6.71. The molecule has 0 bridgehead atoms. The van der Waals surface area contributed by atoms with Crippen molar-refractivity contribution in [2.45, 2.75) is 33.4 Å². The second-order valence-electron chi connectivity index (χ2n) is 11.6. The van der Waals surface area contributed by atoms with Crippen LogP contribution in [0.2, 0.25) is 0 Å². The van der Waals surface area contributed by atoms with Gasteiger partial charge in [-0.05, 0) is 125 Å². The molecule has 0 unspecified atom stereocenters. The Kier molecular flexibility index (Phi) is 12.1. The Morgan fingerprint density at radius 1 is 0.551 bits per heavy atom. The SMILES string of the molecule is C=Cc1ccc(Oc2ccc(C(=O)c3ccc(Oc4c(COC)cc(-c5cc(COC)c(C)c(COC)c5)cc4COC)cc3)cc2)cc1. The van der Waals surface area contributed by atoms with Gasteiger partial charge in [-0.3, -0.25) is 4.79 Å². The van der Waals surface area contributed by atoms with Gasteiger partial charge in [-0.25, -0.2) is 0 Å². The molecule has 252 valence electrons. The molecule has 0 saturated heterocycles. The Morgan fingerprint density at radius 3 is 1.33 bits per heavy atom. The summed E-state index contributed by atoms with van der Waals surface area (Å²) < 4.78 is 34.6. The van der Waals surface area contributed by atoms with Gasteiger partial charge in [-0.15, -0.1) is 0 Å². The zero-order valence-corrected chi connectivity index (χ0v) is 28.7. The summed E-state index contributed by atoms with van der Waals surface area (Å²) in [4.78, 5) is 13.3. The Hall–Kier alpha value is -5.05. The van der Waals surface area contributed by atoms with Crippen LogP contribution in [-0.4, -0.2) is 34.2 Å². The van der Waals surface area contributed by atoms with E-state index < -0.39 is 0 Å². The van der Waals surface area contributed by atoms with E-state index in [1.54, 1.807) is 83.0 Å². The minimum Gasteiger partial charge on any atom is -0.457 e. The van der Waals surface area contributed by atoms with Crippen LogP contribution in [0.1, 0.15) is 49.3 Å². The quantitative estimate of drug-likeness (QED) is 0.0978. The summed E-state index contributed by atoms with van der Waals surface area (Å²) in [6.45, 7) is 7.52. The number of carbonyl (C=O) groups is 1. The van der Waals surface area contributed by atoms with Crippen molar-refractivity contribution in [3.63, 3.8) is 0 Å². The first kappa shape index (κ1) is 35.3. The second kappa shape index (κ2) is 16.9. The maximum atomic E-state index is 13.3. The zero-order valence-electron chi connectivity index (χ0n) is 28.7. The van der Waals surface area contributed by atoms with Gasteiger partial charge < -0.3 is 28.4 Å². The lowest BCUT2D eigenvalue weighted by Gasteiger charge is -2.19. The van der Waals surface area contributed by atoms with Crippen LogP contribution in [0, 0.1) is 6.92 Å². The van der Waals surface area contributed by atoms with E-state index in [4.69, 9.17) is 28.4 Å². The van der Waals surface area contributed by atoms with Gasteiger partial charge in [0.15, 0.2) is 5.78 Å². The van der Waals surface area contributed by atoms with Gasteiger partial charge in [0, 0.05) is 50.7 Å². The molecule has 0 aromatic heterocycles. The number of hydrogen-bond donors (Lipinski definition) is 0. The molecule has 5 aromatic rings. The predicted octanol–water partition coefficient (Wildman–Crippen LogP) is 9.71. The molecule has 7 nitrogen and oxygen atoms in total. The van der Waals surface area contributed by atoms with Crippen LogP contribution < -0.4 is 9.47 Å². The van der Waals surface area contributed by atoms with E-state index in [1.165, 1.54) is 0 Å². The Morgan fingerprint density at radius 2 is 0.918 bits per heavy atom. The van der Waals surface area contributed by atoms with E-state index in [2.05, 4.69) is 37.8 Å². The zero-order chi connectivity index (χ0) is 34.8. The number of hydrogen-bond acceptors (Lipinski definition) is 7.